The number of amides is 1. The zero-order valence-electron chi connectivity index (χ0n) is 16.2. The molecule has 27 heavy (non-hydrogen) atoms. The number of rotatable bonds is 3. The van der Waals surface area contributed by atoms with E-state index in [2.05, 4.69) is 41.1 Å². The molecule has 1 saturated carbocycles. The van der Waals surface area contributed by atoms with E-state index in [4.69, 9.17) is 0 Å². The van der Waals surface area contributed by atoms with Gasteiger partial charge in [0.05, 0.1) is 18.7 Å². The predicted octanol–water partition coefficient (Wildman–Crippen LogP) is 3.75. The van der Waals surface area contributed by atoms with Crippen LogP contribution < -0.4 is 4.90 Å². The molecule has 0 bridgehead atoms. The number of anilines is 1. The molecule has 2 heterocycles. The van der Waals surface area contributed by atoms with Crippen molar-refractivity contribution in [2.24, 2.45) is 11.8 Å². The zero-order valence-corrected chi connectivity index (χ0v) is 16.2. The van der Waals surface area contributed by atoms with Crippen LogP contribution in [0, 0.1) is 11.8 Å². The maximum Gasteiger partial charge on any atom is 0.226 e. The molecule has 5 rings (SSSR count). The molecule has 0 unspecified atom stereocenters. The maximum atomic E-state index is 13.0. The van der Waals surface area contributed by atoms with E-state index in [-0.39, 0.29) is 24.6 Å². The van der Waals surface area contributed by atoms with Gasteiger partial charge in [-0.25, -0.2) is 0 Å². The number of hydrogen-bond acceptors (Lipinski definition) is 3. The normalized spacial score (nSPS) is 30.0. The van der Waals surface area contributed by atoms with Crippen molar-refractivity contribution in [1.82, 2.24) is 4.90 Å². The second-order valence-corrected chi connectivity index (χ2v) is 8.81. The number of nitrogens with zero attached hydrogens (tertiary/aromatic N) is 2. The van der Waals surface area contributed by atoms with Gasteiger partial charge in [0, 0.05) is 31.1 Å². The number of fused-ring (bicyclic) bond motifs is 3. The standard InChI is InChI=1S/C23H30N2O2/c1-24-20-10-9-17(15-5-3-2-4-6-15)13-19(20)22-18(21(24)14-26)11-12-25(22)23(27)16-7-8-16/h5,9-10,13,16,18,21-22,26H,2-4,6-8,11-12,14H2,1H3/t18-,21+,22-/m1/s1. The second-order valence-electron chi connectivity index (χ2n) is 8.81. The van der Waals surface area contributed by atoms with Crippen LogP contribution in [-0.4, -0.2) is 42.2 Å². The van der Waals surface area contributed by atoms with Gasteiger partial charge in [0.1, 0.15) is 0 Å². The summed E-state index contributed by atoms with van der Waals surface area (Å²) in [6.07, 6.45) is 10.4. The Morgan fingerprint density at radius 1 is 1.22 bits per heavy atom. The summed E-state index contributed by atoms with van der Waals surface area (Å²) in [4.78, 5) is 17.4. The minimum Gasteiger partial charge on any atom is -0.394 e. The SMILES string of the molecule is CN1c2ccc(C3=CCCCC3)cc2[C@H]2[C@H](CCN2C(=O)C2CC2)[C@@H]1CO. The minimum absolute atomic E-state index is 0.0965. The molecule has 0 spiro atoms. The number of aliphatic hydroxyl groups is 1. The third kappa shape index (κ3) is 2.80. The van der Waals surface area contributed by atoms with Gasteiger partial charge in [0.15, 0.2) is 0 Å². The smallest absolute Gasteiger partial charge is 0.226 e. The van der Waals surface area contributed by atoms with Crippen molar-refractivity contribution in [3.05, 3.63) is 35.4 Å². The van der Waals surface area contributed by atoms with Gasteiger partial charge >= 0.3 is 0 Å². The summed E-state index contributed by atoms with van der Waals surface area (Å²) < 4.78 is 0. The van der Waals surface area contributed by atoms with E-state index in [1.807, 2.05) is 0 Å². The first-order valence-corrected chi connectivity index (χ1v) is 10.7. The van der Waals surface area contributed by atoms with Gasteiger partial charge in [0.2, 0.25) is 5.91 Å². The van der Waals surface area contributed by atoms with Crippen LogP contribution >= 0.6 is 0 Å². The van der Waals surface area contributed by atoms with Crippen molar-refractivity contribution in [1.29, 1.82) is 0 Å². The lowest BCUT2D eigenvalue weighted by atomic mass is 9.80. The molecular weight excluding hydrogens is 336 g/mol. The fraction of sp³-hybridized carbons (Fsp3) is 0.609. The Morgan fingerprint density at radius 3 is 2.78 bits per heavy atom. The van der Waals surface area contributed by atoms with E-state index < -0.39 is 0 Å². The van der Waals surface area contributed by atoms with Crippen LogP contribution in [0.4, 0.5) is 5.69 Å². The summed E-state index contributed by atoms with van der Waals surface area (Å²) in [6, 6.07) is 7.04. The number of aliphatic hydroxyl groups excluding tert-OH is 1. The highest BCUT2D eigenvalue weighted by Gasteiger charge is 2.49. The zero-order chi connectivity index (χ0) is 18.5. The van der Waals surface area contributed by atoms with Crippen LogP contribution in [0.1, 0.15) is 62.1 Å². The van der Waals surface area contributed by atoms with Gasteiger partial charge in [-0.3, -0.25) is 4.79 Å². The third-order valence-electron chi connectivity index (χ3n) is 7.22. The summed E-state index contributed by atoms with van der Waals surface area (Å²) >= 11 is 0. The van der Waals surface area contributed by atoms with Crippen molar-refractivity contribution in [2.75, 3.05) is 25.1 Å². The van der Waals surface area contributed by atoms with Crippen LogP contribution in [0.2, 0.25) is 0 Å². The molecule has 4 aliphatic rings. The van der Waals surface area contributed by atoms with Crippen LogP contribution in [0.5, 0.6) is 0 Å². The van der Waals surface area contributed by atoms with Gasteiger partial charge in [-0.15, -0.1) is 0 Å². The Bertz CT molecular complexity index is 783. The lowest BCUT2D eigenvalue weighted by Crippen LogP contribution is -2.48. The molecular formula is C23H30N2O2. The molecule has 1 amide bonds. The first kappa shape index (κ1) is 17.3. The molecule has 2 aliphatic heterocycles. The molecule has 1 aromatic carbocycles. The van der Waals surface area contributed by atoms with Crippen molar-refractivity contribution in [3.63, 3.8) is 0 Å². The topological polar surface area (TPSA) is 43.8 Å². The molecule has 1 saturated heterocycles. The van der Waals surface area contributed by atoms with Crippen LogP contribution in [0.3, 0.4) is 0 Å². The van der Waals surface area contributed by atoms with E-state index in [0.29, 0.717) is 11.8 Å². The lowest BCUT2D eigenvalue weighted by molar-refractivity contribution is -0.134. The molecule has 4 nitrogen and oxygen atoms in total. The molecule has 0 aromatic heterocycles. The average Bonchev–Trinajstić information content (AvgIpc) is 3.47. The maximum absolute atomic E-state index is 13.0. The summed E-state index contributed by atoms with van der Waals surface area (Å²) in [5.74, 6) is 0.923. The second kappa shape index (κ2) is 6.66. The van der Waals surface area contributed by atoms with Crippen molar-refractivity contribution < 1.29 is 9.90 Å². The minimum atomic E-state index is 0.0965. The number of allylic oxidation sites excluding steroid dienone is 2. The third-order valence-corrected chi connectivity index (χ3v) is 7.22. The fourth-order valence-corrected chi connectivity index (χ4v) is 5.57. The van der Waals surface area contributed by atoms with Crippen LogP contribution in [0.15, 0.2) is 24.3 Å². The van der Waals surface area contributed by atoms with Gasteiger partial charge in [-0.1, -0.05) is 12.1 Å². The lowest BCUT2D eigenvalue weighted by Gasteiger charge is -2.44. The molecule has 1 aromatic rings. The molecule has 144 valence electrons. The largest absolute Gasteiger partial charge is 0.394 e. The summed E-state index contributed by atoms with van der Waals surface area (Å²) in [5.41, 5.74) is 5.27. The highest BCUT2D eigenvalue weighted by molar-refractivity contribution is 5.83. The summed E-state index contributed by atoms with van der Waals surface area (Å²) in [6.45, 7) is 0.983. The molecule has 2 aliphatic carbocycles. The molecule has 0 radical (unpaired) electrons. The Balaban J connectivity index is 1.58. The quantitative estimate of drug-likeness (QED) is 0.886. The molecule has 4 heteroatoms. The van der Waals surface area contributed by atoms with Crippen LogP contribution in [-0.2, 0) is 4.79 Å². The number of carbonyl (C=O) groups excluding carboxylic acids is 1. The van der Waals surface area contributed by atoms with Crippen LogP contribution in [0.25, 0.3) is 5.57 Å². The van der Waals surface area contributed by atoms with Gasteiger partial charge in [-0.2, -0.15) is 0 Å². The first-order valence-electron chi connectivity index (χ1n) is 10.7. The number of carbonyl (C=O) groups is 1. The van der Waals surface area contributed by atoms with Crippen molar-refractivity contribution in [2.45, 2.75) is 57.0 Å². The fourth-order valence-electron chi connectivity index (χ4n) is 5.57. The number of benzene rings is 1. The number of hydrogen-bond donors (Lipinski definition) is 1. The molecule has 2 fully saturated rings. The Kier molecular flexibility index (Phi) is 4.27. The first-order chi connectivity index (χ1) is 13.2. The average molecular weight is 367 g/mol. The van der Waals surface area contributed by atoms with E-state index in [0.717, 1.165) is 32.2 Å². The van der Waals surface area contributed by atoms with Crippen molar-refractivity contribution in [3.8, 4) is 0 Å². The van der Waals surface area contributed by atoms with Gasteiger partial charge < -0.3 is 14.9 Å². The molecule has 3 atom stereocenters. The Morgan fingerprint density at radius 2 is 2.07 bits per heavy atom. The van der Waals surface area contributed by atoms with Crippen molar-refractivity contribution >= 4 is 17.2 Å². The Hall–Kier alpha value is -1.81. The predicted molar refractivity (Wildman–Crippen MR) is 107 cm³/mol. The van der Waals surface area contributed by atoms with Gasteiger partial charge in [-0.05, 0) is 73.8 Å². The van der Waals surface area contributed by atoms with E-state index in [1.165, 1.54) is 41.6 Å². The Labute approximate surface area is 161 Å². The summed E-state index contributed by atoms with van der Waals surface area (Å²) in [7, 11) is 2.10. The number of likely N-dealkylation sites (N-methyl/N-ethyl adjacent to an activating group) is 1. The van der Waals surface area contributed by atoms with E-state index >= 15 is 0 Å². The van der Waals surface area contributed by atoms with Gasteiger partial charge in [0.25, 0.3) is 0 Å². The summed E-state index contributed by atoms with van der Waals surface area (Å²) in [5, 5.41) is 10.1. The molecule has 1 N–H and O–H groups in total. The van der Waals surface area contributed by atoms with E-state index in [9.17, 15) is 9.90 Å². The monoisotopic (exact) mass is 366 g/mol. The highest BCUT2D eigenvalue weighted by Crippen LogP contribution is 2.50. The number of likely N-dealkylation sites (tertiary alicyclic amines) is 1. The van der Waals surface area contributed by atoms with E-state index in [1.54, 1.807) is 0 Å². The highest BCUT2D eigenvalue weighted by atomic mass is 16.3.